The lowest BCUT2D eigenvalue weighted by Crippen LogP contribution is -2.24. The van der Waals surface area contributed by atoms with Gasteiger partial charge in [-0.2, -0.15) is 0 Å². The average molecular weight is 234 g/mol. The Morgan fingerprint density at radius 1 is 1.47 bits per heavy atom. The topological polar surface area (TPSA) is 50.4 Å². The molecule has 1 aliphatic heterocycles. The zero-order chi connectivity index (χ0) is 12.1. The molecule has 1 aromatic carbocycles. The van der Waals surface area contributed by atoms with Crippen molar-refractivity contribution in [2.45, 2.75) is 19.9 Å². The van der Waals surface area contributed by atoms with E-state index in [0.717, 1.165) is 25.2 Å². The Kier molecular flexibility index (Phi) is 4.12. The molecule has 1 aromatic rings. The van der Waals surface area contributed by atoms with Gasteiger partial charge in [-0.25, -0.2) is 0 Å². The first-order valence-corrected chi connectivity index (χ1v) is 5.99. The lowest BCUT2D eigenvalue weighted by molar-refractivity contribution is -0.120. The summed E-state index contributed by atoms with van der Waals surface area (Å²) in [6.45, 7) is 4.48. The summed E-state index contributed by atoms with van der Waals surface area (Å²) in [5, 5.41) is 6.16. The van der Waals surface area contributed by atoms with Gasteiger partial charge in [-0.15, -0.1) is 0 Å². The Balaban J connectivity index is 1.99. The molecular formula is C13H18N2O2. The minimum atomic E-state index is -0.0965. The fourth-order valence-corrected chi connectivity index (χ4v) is 1.95. The fourth-order valence-electron chi connectivity index (χ4n) is 1.95. The van der Waals surface area contributed by atoms with Gasteiger partial charge in [0.25, 0.3) is 0 Å². The van der Waals surface area contributed by atoms with Crippen molar-refractivity contribution >= 4 is 11.6 Å². The third-order valence-corrected chi connectivity index (χ3v) is 2.81. The zero-order valence-corrected chi connectivity index (χ0v) is 10.1. The minimum absolute atomic E-state index is 0.0965. The van der Waals surface area contributed by atoms with Crippen LogP contribution in [0.4, 0.5) is 5.69 Å². The highest BCUT2D eigenvalue weighted by atomic mass is 16.5. The molecular weight excluding hydrogens is 216 g/mol. The number of fused-ring (bicyclic) bond motifs is 1. The number of rotatable bonds is 4. The van der Waals surface area contributed by atoms with E-state index in [1.807, 2.05) is 13.0 Å². The molecule has 0 fully saturated rings. The first kappa shape index (κ1) is 12.1. The van der Waals surface area contributed by atoms with Gasteiger partial charge in [0.05, 0.1) is 0 Å². The standard InChI is InChI=1S/C13H18N2O2/c1-2-17-9-13(16)15-12-4-3-11-8-14-6-5-10(11)7-12/h3-4,7,14H,2,5-6,8-9H2,1H3,(H,15,16). The summed E-state index contributed by atoms with van der Waals surface area (Å²) in [6, 6.07) is 6.06. The lowest BCUT2D eigenvalue weighted by atomic mass is 10.0. The number of carbonyl (C=O) groups excluding carboxylic acids is 1. The molecule has 1 aliphatic rings. The normalized spacial score (nSPS) is 14.2. The molecule has 0 atom stereocenters. The highest BCUT2D eigenvalue weighted by Crippen LogP contribution is 2.18. The summed E-state index contributed by atoms with van der Waals surface area (Å²) in [5.74, 6) is -0.0965. The van der Waals surface area contributed by atoms with Crippen LogP contribution in [0.2, 0.25) is 0 Å². The molecule has 0 saturated carbocycles. The predicted molar refractivity (Wildman–Crippen MR) is 67.0 cm³/mol. The largest absolute Gasteiger partial charge is 0.372 e. The summed E-state index contributed by atoms with van der Waals surface area (Å²) in [6.07, 6.45) is 1.02. The van der Waals surface area contributed by atoms with E-state index in [-0.39, 0.29) is 12.5 Å². The van der Waals surface area contributed by atoms with Crippen LogP contribution in [0.1, 0.15) is 18.1 Å². The summed E-state index contributed by atoms with van der Waals surface area (Å²) >= 11 is 0. The van der Waals surface area contributed by atoms with Crippen molar-refractivity contribution in [3.05, 3.63) is 29.3 Å². The number of hydrogen-bond donors (Lipinski definition) is 2. The molecule has 2 N–H and O–H groups in total. The minimum Gasteiger partial charge on any atom is -0.372 e. The predicted octanol–water partition coefficient (Wildman–Crippen LogP) is 1.31. The van der Waals surface area contributed by atoms with Crippen LogP contribution in [0.15, 0.2) is 18.2 Å². The maximum atomic E-state index is 11.5. The molecule has 0 bridgehead atoms. The van der Waals surface area contributed by atoms with Crippen LogP contribution in [0, 0.1) is 0 Å². The Morgan fingerprint density at radius 3 is 3.18 bits per heavy atom. The second-order valence-electron chi connectivity index (χ2n) is 4.10. The van der Waals surface area contributed by atoms with Crippen LogP contribution >= 0.6 is 0 Å². The number of hydrogen-bond acceptors (Lipinski definition) is 3. The van der Waals surface area contributed by atoms with Gasteiger partial charge < -0.3 is 15.4 Å². The van der Waals surface area contributed by atoms with Crippen molar-refractivity contribution in [3.8, 4) is 0 Å². The van der Waals surface area contributed by atoms with E-state index in [0.29, 0.717) is 6.61 Å². The van der Waals surface area contributed by atoms with E-state index in [1.54, 1.807) is 0 Å². The van der Waals surface area contributed by atoms with E-state index >= 15 is 0 Å². The van der Waals surface area contributed by atoms with E-state index in [9.17, 15) is 4.79 Å². The molecule has 0 radical (unpaired) electrons. The average Bonchev–Trinajstić information content (AvgIpc) is 2.36. The fraction of sp³-hybridized carbons (Fsp3) is 0.462. The van der Waals surface area contributed by atoms with Gasteiger partial charge in [-0.05, 0) is 43.1 Å². The van der Waals surface area contributed by atoms with Gasteiger partial charge in [-0.1, -0.05) is 6.07 Å². The van der Waals surface area contributed by atoms with E-state index in [4.69, 9.17) is 4.74 Å². The van der Waals surface area contributed by atoms with Crippen molar-refractivity contribution in [1.29, 1.82) is 0 Å². The van der Waals surface area contributed by atoms with Gasteiger partial charge in [0.15, 0.2) is 0 Å². The van der Waals surface area contributed by atoms with Crippen molar-refractivity contribution in [1.82, 2.24) is 5.32 Å². The first-order chi connectivity index (χ1) is 8.29. The first-order valence-electron chi connectivity index (χ1n) is 5.99. The van der Waals surface area contributed by atoms with Crippen LogP contribution in [0.5, 0.6) is 0 Å². The van der Waals surface area contributed by atoms with Gasteiger partial charge in [0.2, 0.25) is 5.91 Å². The molecule has 17 heavy (non-hydrogen) atoms. The maximum absolute atomic E-state index is 11.5. The maximum Gasteiger partial charge on any atom is 0.250 e. The second-order valence-corrected chi connectivity index (χ2v) is 4.10. The Labute approximate surface area is 101 Å². The molecule has 0 aromatic heterocycles. The third-order valence-electron chi connectivity index (χ3n) is 2.81. The number of carbonyl (C=O) groups is 1. The summed E-state index contributed by atoms with van der Waals surface area (Å²) < 4.78 is 5.06. The monoisotopic (exact) mass is 234 g/mol. The van der Waals surface area contributed by atoms with Crippen LogP contribution in [0.25, 0.3) is 0 Å². The quantitative estimate of drug-likeness (QED) is 0.825. The molecule has 92 valence electrons. The van der Waals surface area contributed by atoms with E-state index < -0.39 is 0 Å². The molecule has 2 rings (SSSR count). The van der Waals surface area contributed by atoms with Crippen LogP contribution in [0.3, 0.4) is 0 Å². The van der Waals surface area contributed by atoms with Crippen LogP contribution in [-0.2, 0) is 22.5 Å². The van der Waals surface area contributed by atoms with Crippen LogP contribution < -0.4 is 10.6 Å². The van der Waals surface area contributed by atoms with Gasteiger partial charge in [-0.3, -0.25) is 4.79 Å². The lowest BCUT2D eigenvalue weighted by Gasteiger charge is -2.18. The van der Waals surface area contributed by atoms with Crippen molar-refractivity contribution in [3.63, 3.8) is 0 Å². The number of ether oxygens (including phenoxy) is 1. The number of nitrogens with one attached hydrogen (secondary N) is 2. The van der Waals surface area contributed by atoms with Crippen molar-refractivity contribution < 1.29 is 9.53 Å². The summed E-state index contributed by atoms with van der Waals surface area (Å²) in [5.41, 5.74) is 3.49. The number of amides is 1. The molecule has 1 heterocycles. The highest BCUT2D eigenvalue weighted by Gasteiger charge is 2.09. The highest BCUT2D eigenvalue weighted by molar-refractivity contribution is 5.91. The van der Waals surface area contributed by atoms with Crippen molar-refractivity contribution in [2.75, 3.05) is 25.1 Å². The second kappa shape index (κ2) is 5.80. The van der Waals surface area contributed by atoms with E-state index in [1.165, 1.54) is 11.1 Å². The Hall–Kier alpha value is -1.39. The molecule has 0 aliphatic carbocycles. The van der Waals surface area contributed by atoms with E-state index in [2.05, 4.69) is 22.8 Å². The molecule has 1 amide bonds. The smallest absolute Gasteiger partial charge is 0.250 e. The molecule has 4 nitrogen and oxygen atoms in total. The molecule has 4 heteroatoms. The molecule has 0 unspecified atom stereocenters. The summed E-state index contributed by atoms with van der Waals surface area (Å²) in [4.78, 5) is 11.5. The molecule has 0 saturated heterocycles. The number of anilines is 1. The van der Waals surface area contributed by atoms with Crippen LogP contribution in [-0.4, -0.2) is 25.7 Å². The zero-order valence-electron chi connectivity index (χ0n) is 10.1. The number of benzene rings is 1. The summed E-state index contributed by atoms with van der Waals surface area (Å²) in [7, 11) is 0. The van der Waals surface area contributed by atoms with Crippen molar-refractivity contribution in [2.24, 2.45) is 0 Å². The third kappa shape index (κ3) is 3.28. The Bertz CT molecular complexity index is 404. The Morgan fingerprint density at radius 2 is 2.35 bits per heavy atom. The van der Waals surface area contributed by atoms with Gasteiger partial charge >= 0.3 is 0 Å². The van der Waals surface area contributed by atoms with Gasteiger partial charge in [0, 0.05) is 18.8 Å². The molecule has 0 spiro atoms. The SMILES string of the molecule is CCOCC(=O)Nc1ccc2c(c1)CCNC2. The van der Waals surface area contributed by atoms with Gasteiger partial charge in [0.1, 0.15) is 6.61 Å².